The second kappa shape index (κ2) is 3.80. The van der Waals surface area contributed by atoms with Crippen LogP contribution in [-0.2, 0) is 9.53 Å². The molecular weight excluding hydrogens is 180 g/mol. The Bertz CT molecular complexity index is 321. The molecule has 14 heavy (non-hydrogen) atoms. The molecule has 3 heteroatoms. The van der Waals surface area contributed by atoms with Gasteiger partial charge < -0.3 is 9.84 Å². The second-order valence-electron chi connectivity index (χ2n) is 3.44. The molecule has 3 nitrogen and oxygen atoms in total. The first-order valence-corrected chi connectivity index (χ1v) is 4.68. The summed E-state index contributed by atoms with van der Waals surface area (Å²) >= 11 is 0. The number of hydrogen-bond acceptors (Lipinski definition) is 2. The van der Waals surface area contributed by atoms with E-state index in [4.69, 9.17) is 9.84 Å². The van der Waals surface area contributed by atoms with Crippen LogP contribution in [0.5, 0.6) is 0 Å². The smallest absolute Gasteiger partial charge is 0.333 e. The molecule has 1 aromatic carbocycles. The highest BCUT2D eigenvalue weighted by atomic mass is 16.5. The van der Waals surface area contributed by atoms with Crippen molar-refractivity contribution in [1.29, 1.82) is 0 Å². The van der Waals surface area contributed by atoms with Gasteiger partial charge in [-0.3, -0.25) is 0 Å². The van der Waals surface area contributed by atoms with Gasteiger partial charge in [-0.15, -0.1) is 0 Å². The highest BCUT2D eigenvalue weighted by molar-refractivity contribution is 5.74. The van der Waals surface area contributed by atoms with Gasteiger partial charge in [0.1, 0.15) is 0 Å². The van der Waals surface area contributed by atoms with Crippen LogP contribution in [0, 0.1) is 0 Å². The molecule has 1 saturated heterocycles. The van der Waals surface area contributed by atoms with Crippen molar-refractivity contribution in [1.82, 2.24) is 0 Å². The highest BCUT2D eigenvalue weighted by Crippen LogP contribution is 2.31. The number of carboxylic acids is 1. The number of carboxylic acid groups (broad SMARTS) is 1. The summed E-state index contributed by atoms with van der Waals surface area (Å²) in [7, 11) is 0. The number of carbonyl (C=O) groups is 1. The fraction of sp³-hybridized carbons (Fsp3) is 0.364. The van der Waals surface area contributed by atoms with Gasteiger partial charge in [-0.25, -0.2) is 4.79 Å². The first-order valence-electron chi connectivity index (χ1n) is 4.68. The zero-order valence-electron chi connectivity index (χ0n) is 7.72. The Labute approximate surface area is 82.3 Å². The average molecular weight is 192 g/mol. The van der Waals surface area contributed by atoms with E-state index in [1.807, 2.05) is 30.3 Å². The zero-order valence-corrected chi connectivity index (χ0v) is 7.72. The number of ether oxygens (including phenoxy) is 1. The maximum absolute atomic E-state index is 10.9. The quantitative estimate of drug-likeness (QED) is 0.774. The van der Waals surface area contributed by atoms with Crippen molar-refractivity contribution in [2.45, 2.75) is 18.4 Å². The molecular formula is C11H12O3. The molecule has 0 radical (unpaired) electrons. The fourth-order valence-corrected chi connectivity index (χ4v) is 1.87. The largest absolute Gasteiger partial charge is 0.479 e. The molecule has 74 valence electrons. The van der Waals surface area contributed by atoms with E-state index in [9.17, 15) is 4.79 Å². The Kier molecular flexibility index (Phi) is 2.50. The van der Waals surface area contributed by atoms with E-state index in [1.54, 1.807) is 0 Å². The van der Waals surface area contributed by atoms with Crippen LogP contribution in [0.15, 0.2) is 30.3 Å². The van der Waals surface area contributed by atoms with Crippen LogP contribution in [0.4, 0.5) is 0 Å². The molecule has 0 saturated carbocycles. The predicted molar refractivity (Wildman–Crippen MR) is 51.2 cm³/mol. The maximum atomic E-state index is 10.9. The second-order valence-corrected chi connectivity index (χ2v) is 3.44. The summed E-state index contributed by atoms with van der Waals surface area (Å²) in [4.78, 5) is 10.9. The van der Waals surface area contributed by atoms with Gasteiger partial charge in [-0.05, 0) is 12.0 Å². The first-order chi connectivity index (χ1) is 6.79. The molecule has 1 fully saturated rings. The van der Waals surface area contributed by atoms with Crippen molar-refractivity contribution in [2.75, 3.05) is 6.61 Å². The van der Waals surface area contributed by atoms with Crippen molar-refractivity contribution in [3.8, 4) is 0 Å². The van der Waals surface area contributed by atoms with E-state index in [1.165, 1.54) is 0 Å². The molecule has 1 heterocycles. The van der Waals surface area contributed by atoms with Crippen molar-refractivity contribution in [3.05, 3.63) is 35.9 Å². The van der Waals surface area contributed by atoms with Crippen LogP contribution in [0.1, 0.15) is 17.9 Å². The predicted octanol–water partition coefficient (Wildman–Crippen LogP) is 1.64. The minimum atomic E-state index is -0.864. The molecule has 1 N–H and O–H groups in total. The first kappa shape index (κ1) is 9.21. The Morgan fingerprint density at radius 1 is 1.36 bits per heavy atom. The molecule has 0 amide bonds. The fourth-order valence-electron chi connectivity index (χ4n) is 1.87. The summed E-state index contributed by atoms with van der Waals surface area (Å²) in [5, 5.41) is 8.92. The van der Waals surface area contributed by atoms with Crippen LogP contribution >= 0.6 is 0 Å². The molecule has 2 atom stereocenters. The summed E-state index contributed by atoms with van der Waals surface area (Å²) in [6, 6.07) is 9.68. The summed E-state index contributed by atoms with van der Waals surface area (Å²) < 4.78 is 5.18. The normalized spacial score (nSPS) is 26.3. The van der Waals surface area contributed by atoms with Crippen LogP contribution in [0.3, 0.4) is 0 Å². The third-order valence-corrected chi connectivity index (χ3v) is 2.56. The van der Waals surface area contributed by atoms with Crippen LogP contribution in [0.2, 0.25) is 0 Å². The van der Waals surface area contributed by atoms with E-state index in [0.717, 1.165) is 12.0 Å². The van der Waals surface area contributed by atoms with Gasteiger partial charge in [0, 0.05) is 12.5 Å². The van der Waals surface area contributed by atoms with Gasteiger partial charge in [-0.1, -0.05) is 30.3 Å². The van der Waals surface area contributed by atoms with Crippen molar-refractivity contribution in [3.63, 3.8) is 0 Å². The Balaban J connectivity index is 2.22. The molecule has 1 aromatic rings. The summed E-state index contributed by atoms with van der Waals surface area (Å²) in [5.41, 5.74) is 1.05. The number of aliphatic carboxylic acids is 1. The van der Waals surface area contributed by atoms with Gasteiger partial charge in [0.25, 0.3) is 0 Å². The number of rotatable bonds is 2. The van der Waals surface area contributed by atoms with Gasteiger partial charge in [0.05, 0.1) is 0 Å². The molecule has 0 aromatic heterocycles. The number of hydrogen-bond donors (Lipinski definition) is 1. The monoisotopic (exact) mass is 192 g/mol. The van der Waals surface area contributed by atoms with Gasteiger partial charge >= 0.3 is 5.97 Å². The molecule has 0 bridgehead atoms. The third kappa shape index (κ3) is 1.63. The van der Waals surface area contributed by atoms with E-state index in [2.05, 4.69) is 0 Å². The topological polar surface area (TPSA) is 46.5 Å². The lowest BCUT2D eigenvalue weighted by molar-refractivity contribution is -0.148. The third-order valence-electron chi connectivity index (χ3n) is 2.56. The minimum absolute atomic E-state index is 0.00806. The summed E-state index contributed by atoms with van der Waals surface area (Å²) in [5.74, 6) is -0.856. The van der Waals surface area contributed by atoms with E-state index >= 15 is 0 Å². The maximum Gasteiger partial charge on any atom is 0.333 e. The van der Waals surface area contributed by atoms with Crippen molar-refractivity contribution >= 4 is 5.97 Å². The molecule has 1 aliphatic heterocycles. The minimum Gasteiger partial charge on any atom is -0.479 e. The van der Waals surface area contributed by atoms with Crippen molar-refractivity contribution < 1.29 is 14.6 Å². The number of benzene rings is 1. The lowest BCUT2D eigenvalue weighted by Crippen LogP contribution is -2.24. The molecule has 2 unspecified atom stereocenters. The zero-order chi connectivity index (χ0) is 9.97. The van der Waals surface area contributed by atoms with Gasteiger partial charge in [-0.2, -0.15) is 0 Å². The SMILES string of the molecule is O=C(O)C1OCCC1c1ccccc1. The Morgan fingerprint density at radius 2 is 2.07 bits per heavy atom. The molecule has 1 aliphatic rings. The molecule has 0 spiro atoms. The molecule has 0 aliphatic carbocycles. The standard InChI is InChI=1S/C11H12O3/c12-11(13)10-9(6-7-14-10)8-4-2-1-3-5-8/h1-5,9-10H,6-7H2,(H,12,13). The summed E-state index contributed by atoms with van der Waals surface area (Å²) in [6.07, 6.45) is 0.124. The lowest BCUT2D eigenvalue weighted by Gasteiger charge is -2.14. The molecule has 2 rings (SSSR count). The Hall–Kier alpha value is -1.35. The Morgan fingerprint density at radius 3 is 2.71 bits per heavy atom. The van der Waals surface area contributed by atoms with Gasteiger partial charge in [0.2, 0.25) is 0 Å². The van der Waals surface area contributed by atoms with E-state index in [0.29, 0.717) is 6.61 Å². The lowest BCUT2D eigenvalue weighted by atomic mass is 9.93. The van der Waals surface area contributed by atoms with Crippen LogP contribution in [0.25, 0.3) is 0 Å². The average Bonchev–Trinajstić information content (AvgIpc) is 2.67. The summed E-state index contributed by atoms with van der Waals surface area (Å²) in [6.45, 7) is 0.538. The van der Waals surface area contributed by atoms with E-state index in [-0.39, 0.29) is 5.92 Å². The van der Waals surface area contributed by atoms with Gasteiger partial charge in [0.15, 0.2) is 6.10 Å². The highest BCUT2D eigenvalue weighted by Gasteiger charge is 2.34. The van der Waals surface area contributed by atoms with E-state index < -0.39 is 12.1 Å². The van der Waals surface area contributed by atoms with Crippen LogP contribution in [-0.4, -0.2) is 23.8 Å². The van der Waals surface area contributed by atoms with Crippen LogP contribution < -0.4 is 0 Å². The van der Waals surface area contributed by atoms with Crippen molar-refractivity contribution in [2.24, 2.45) is 0 Å².